The normalized spacial score (nSPS) is 19.6. The molecule has 8 nitrogen and oxygen atoms in total. The lowest BCUT2D eigenvalue weighted by molar-refractivity contribution is -0.141. The van der Waals surface area contributed by atoms with E-state index in [0.717, 1.165) is 43.0 Å². The highest BCUT2D eigenvalue weighted by Crippen LogP contribution is 2.21. The number of carbonyl (C=O) groups excluding carboxylic acids is 2. The number of rotatable bonds is 4. The lowest BCUT2D eigenvalue weighted by Crippen LogP contribution is -2.47. The van der Waals surface area contributed by atoms with Crippen molar-refractivity contribution in [3.8, 4) is 0 Å². The molecule has 3 heterocycles. The third-order valence-corrected chi connectivity index (χ3v) is 5.40. The Bertz CT molecular complexity index is 658. The summed E-state index contributed by atoms with van der Waals surface area (Å²) in [5.74, 6) is 0.302. The Morgan fingerprint density at radius 2 is 1.81 bits per heavy atom. The molecule has 3 rings (SSSR count). The van der Waals surface area contributed by atoms with E-state index in [0.29, 0.717) is 32.8 Å². The molecule has 0 saturated carbocycles. The van der Waals surface area contributed by atoms with E-state index < -0.39 is 0 Å². The summed E-state index contributed by atoms with van der Waals surface area (Å²) in [4.78, 5) is 29.0. The van der Waals surface area contributed by atoms with Gasteiger partial charge in [-0.3, -0.25) is 19.2 Å². The molecule has 0 spiro atoms. The van der Waals surface area contributed by atoms with E-state index in [9.17, 15) is 9.59 Å². The summed E-state index contributed by atoms with van der Waals surface area (Å²) in [6.07, 6.45) is 1.63. The molecule has 2 fully saturated rings. The zero-order valence-electron chi connectivity index (χ0n) is 16.0. The van der Waals surface area contributed by atoms with Gasteiger partial charge in [0.05, 0.1) is 36.8 Å². The summed E-state index contributed by atoms with van der Waals surface area (Å²) in [7, 11) is 1.87. The van der Waals surface area contributed by atoms with Crippen LogP contribution in [0.5, 0.6) is 0 Å². The predicted molar refractivity (Wildman–Crippen MR) is 97.9 cm³/mol. The maximum Gasteiger partial charge on any atom is 0.238 e. The van der Waals surface area contributed by atoms with Crippen LogP contribution < -0.4 is 5.32 Å². The average Bonchev–Trinajstić information content (AvgIpc) is 2.88. The molecule has 1 N–H and O–H groups in total. The molecule has 0 atom stereocenters. The number of carbonyl (C=O) groups is 2. The number of nitrogens with zero attached hydrogens (tertiary/aromatic N) is 4. The second-order valence-corrected chi connectivity index (χ2v) is 7.21. The van der Waals surface area contributed by atoms with Crippen LogP contribution in [-0.2, 0) is 21.4 Å². The van der Waals surface area contributed by atoms with Gasteiger partial charge in [0.15, 0.2) is 0 Å². The van der Waals surface area contributed by atoms with Gasteiger partial charge in [-0.2, -0.15) is 5.10 Å². The zero-order valence-corrected chi connectivity index (χ0v) is 16.0. The molecule has 2 aliphatic heterocycles. The van der Waals surface area contributed by atoms with Gasteiger partial charge in [0, 0.05) is 26.1 Å². The van der Waals surface area contributed by atoms with Gasteiger partial charge in [0.25, 0.3) is 0 Å². The fraction of sp³-hybridized carbons (Fsp3) is 0.722. The van der Waals surface area contributed by atoms with Crippen LogP contribution in [0.3, 0.4) is 0 Å². The number of amides is 2. The van der Waals surface area contributed by atoms with Crippen molar-refractivity contribution in [2.45, 2.75) is 26.7 Å². The lowest BCUT2D eigenvalue weighted by atomic mass is 9.95. The van der Waals surface area contributed by atoms with Crippen LogP contribution in [0.15, 0.2) is 0 Å². The Morgan fingerprint density at radius 1 is 1.15 bits per heavy atom. The molecular formula is C18H29N5O3. The second-order valence-electron chi connectivity index (χ2n) is 7.21. The molecule has 0 bridgehead atoms. The summed E-state index contributed by atoms with van der Waals surface area (Å²) in [5, 5.41) is 7.30. The first-order valence-electron chi connectivity index (χ1n) is 9.34. The highest BCUT2D eigenvalue weighted by atomic mass is 16.5. The quantitative estimate of drug-likeness (QED) is 0.845. The molecule has 0 radical (unpaired) electrons. The first kappa shape index (κ1) is 18.8. The van der Waals surface area contributed by atoms with Gasteiger partial charge in [0.1, 0.15) is 0 Å². The lowest BCUT2D eigenvalue weighted by Gasteiger charge is -2.35. The summed E-state index contributed by atoms with van der Waals surface area (Å²) in [6.45, 7) is 8.42. The van der Waals surface area contributed by atoms with Crippen molar-refractivity contribution < 1.29 is 14.3 Å². The van der Waals surface area contributed by atoms with Gasteiger partial charge >= 0.3 is 0 Å². The first-order chi connectivity index (χ1) is 12.5. The van der Waals surface area contributed by atoms with Crippen molar-refractivity contribution in [3.63, 3.8) is 0 Å². The van der Waals surface area contributed by atoms with Crippen LogP contribution in [-0.4, -0.2) is 77.3 Å². The van der Waals surface area contributed by atoms with Crippen molar-refractivity contribution >= 4 is 17.5 Å². The van der Waals surface area contributed by atoms with Crippen molar-refractivity contribution in [3.05, 3.63) is 11.4 Å². The number of ether oxygens (including phenoxy) is 1. The smallest absolute Gasteiger partial charge is 0.238 e. The molecular weight excluding hydrogens is 334 g/mol. The molecule has 2 amide bonds. The Kier molecular flexibility index (Phi) is 5.93. The van der Waals surface area contributed by atoms with E-state index in [1.807, 2.05) is 25.8 Å². The molecule has 0 aliphatic carbocycles. The number of likely N-dealkylation sites (tertiary alicyclic amines) is 1. The SMILES string of the molecule is Cc1nn(C)c(C)c1NC(=O)CN1CCC(C(=O)N2CCOCC2)CC1. The summed E-state index contributed by atoms with van der Waals surface area (Å²) >= 11 is 0. The van der Waals surface area contributed by atoms with Crippen LogP contribution in [0, 0.1) is 19.8 Å². The van der Waals surface area contributed by atoms with Crippen LogP contribution >= 0.6 is 0 Å². The molecule has 2 aliphatic rings. The number of aromatic nitrogens is 2. The van der Waals surface area contributed by atoms with E-state index >= 15 is 0 Å². The van der Waals surface area contributed by atoms with Gasteiger partial charge < -0.3 is 15.0 Å². The number of aryl methyl sites for hydroxylation is 2. The number of hydrogen-bond acceptors (Lipinski definition) is 5. The van der Waals surface area contributed by atoms with Gasteiger partial charge in [-0.25, -0.2) is 0 Å². The van der Waals surface area contributed by atoms with Crippen molar-refractivity contribution in [1.82, 2.24) is 19.6 Å². The fourth-order valence-corrected chi connectivity index (χ4v) is 3.72. The minimum Gasteiger partial charge on any atom is -0.378 e. The van der Waals surface area contributed by atoms with Crippen molar-refractivity contribution in [2.75, 3.05) is 51.3 Å². The summed E-state index contributed by atoms with van der Waals surface area (Å²) < 4.78 is 7.08. The molecule has 1 aromatic rings. The van der Waals surface area contributed by atoms with Crippen molar-refractivity contribution in [1.29, 1.82) is 0 Å². The molecule has 1 aromatic heterocycles. The van der Waals surface area contributed by atoms with Gasteiger partial charge in [-0.15, -0.1) is 0 Å². The third-order valence-electron chi connectivity index (χ3n) is 5.40. The Morgan fingerprint density at radius 3 is 2.38 bits per heavy atom. The van der Waals surface area contributed by atoms with E-state index in [-0.39, 0.29) is 17.7 Å². The Balaban J connectivity index is 1.46. The summed E-state index contributed by atoms with van der Waals surface area (Å²) in [5.41, 5.74) is 2.58. The highest BCUT2D eigenvalue weighted by Gasteiger charge is 2.30. The van der Waals surface area contributed by atoms with E-state index in [2.05, 4.69) is 15.3 Å². The first-order valence-corrected chi connectivity index (χ1v) is 9.34. The topological polar surface area (TPSA) is 79.7 Å². The minimum atomic E-state index is -0.0258. The number of morpholine rings is 1. The van der Waals surface area contributed by atoms with Crippen LogP contribution in [0.2, 0.25) is 0 Å². The van der Waals surface area contributed by atoms with Crippen LogP contribution in [0.25, 0.3) is 0 Å². The van der Waals surface area contributed by atoms with Gasteiger partial charge in [-0.05, 0) is 39.8 Å². The van der Waals surface area contributed by atoms with E-state index in [1.54, 1.807) is 4.68 Å². The molecule has 26 heavy (non-hydrogen) atoms. The van der Waals surface area contributed by atoms with Crippen molar-refractivity contribution in [2.24, 2.45) is 13.0 Å². The zero-order chi connectivity index (χ0) is 18.7. The highest BCUT2D eigenvalue weighted by molar-refractivity contribution is 5.93. The van der Waals surface area contributed by atoms with Gasteiger partial charge in [-0.1, -0.05) is 0 Å². The molecule has 144 valence electrons. The number of piperidine rings is 1. The maximum atomic E-state index is 12.6. The van der Waals surface area contributed by atoms with Crippen LogP contribution in [0.1, 0.15) is 24.2 Å². The maximum absolute atomic E-state index is 12.6. The summed E-state index contributed by atoms with van der Waals surface area (Å²) in [6, 6.07) is 0. The molecule has 8 heteroatoms. The Hall–Kier alpha value is -1.93. The Labute approximate surface area is 154 Å². The minimum absolute atomic E-state index is 0.0258. The molecule has 0 unspecified atom stereocenters. The van der Waals surface area contributed by atoms with Gasteiger partial charge in [0.2, 0.25) is 11.8 Å². The third kappa shape index (κ3) is 4.24. The number of hydrogen-bond donors (Lipinski definition) is 1. The largest absolute Gasteiger partial charge is 0.378 e. The standard InChI is InChI=1S/C18H29N5O3/c1-13-17(14(2)21(3)20-13)19-16(24)12-22-6-4-15(5-7-22)18(25)23-8-10-26-11-9-23/h15H,4-12H2,1-3H3,(H,19,24). The van der Waals surface area contributed by atoms with E-state index in [4.69, 9.17) is 4.74 Å². The van der Waals surface area contributed by atoms with E-state index in [1.165, 1.54) is 0 Å². The number of anilines is 1. The molecule has 0 aromatic carbocycles. The second kappa shape index (κ2) is 8.18. The fourth-order valence-electron chi connectivity index (χ4n) is 3.72. The number of nitrogens with one attached hydrogen (secondary N) is 1. The van der Waals surface area contributed by atoms with Crippen LogP contribution in [0.4, 0.5) is 5.69 Å². The average molecular weight is 363 g/mol. The molecule has 2 saturated heterocycles. The monoisotopic (exact) mass is 363 g/mol. The predicted octanol–water partition coefficient (Wildman–Crippen LogP) is 0.546.